The van der Waals surface area contributed by atoms with Crippen molar-refractivity contribution >= 4 is 18.7 Å². The van der Waals surface area contributed by atoms with Gasteiger partial charge in [0.25, 0.3) is 8.32 Å². The fourth-order valence-corrected chi connectivity index (χ4v) is 11.8. The summed E-state index contributed by atoms with van der Waals surface area (Å²) >= 11 is 0. The SMILES string of the molecule is CC1=CC[C@H](C(C)C)[C@H]2C[C@H](O)CC=CC[C@@H](O[Si](c3ccccc3)(c3ccccc3)C(C)(C)C)C[C@@H]12. The zero-order valence-electron chi connectivity index (χ0n) is 23.9. The maximum atomic E-state index is 10.9. The minimum Gasteiger partial charge on any atom is -0.404 e. The normalized spacial score (nSPS) is 27.5. The van der Waals surface area contributed by atoms with Crippen LogP contribution in [0.5, 0.6) is 0 Å². The van der Waals surface area contributed by atoms with E-state index in [0.717, 1.165) is 32.1 Å². The average Bonchev–Trinajstić information content (AvgIpc) is 2.86. The quantitative estimate of drug-likeness (QED) is 0.334. The van der Waals surface area contributed by atoms with Crippen molar-refractivity contribution in [3.05, 3.63) is 84.5 Å². The van der Waals surface area contributed by atoms with E-state index in [4.69, 9.17) is 4.43 Å². The third-order valence-electron chi connectivity index (χ3n) is 9.02. The van der Waals surface area contributed by atoms with E-state index in [1.54, 1.807) is 0 Å². The average molecular weight is 517 g/mol. The first-order valence-electron chi connectivity index (χ1n) is 14.4. The minimum absolute atomic E-state index is 0.0394. The van der Waals surface area contributed by atoms with Gasteiger partial charge in [-0.05, 0) is 78.1 Å². The molecule has 2 aromatic rings. The highest BCUT2D eigenvalue weighted by Gasteiger charge is 2.52. The van der Waals surface area contributed by atoms with Crippen molar-refractivity contribution in [1.82, 2.24) is 0 Å². The van der Waals surface area contributed by atoms with E-state index in [0.29, 0.717) is 23.7 Å². The second-order valence-electron chi connectivity index (χ2n) is 12.8. The van der Waals surface area contributed by atoms with E-state index < -0.39 is 8.32 Å². The van der Waals surface area contributed by atoms with Crippen LogP contribution in [-0.4, -0.2) is 25.6 Å². The maximum Gasteiger partial charge on any atom is 0.261 e. The van der Waals surface area contributed by atoms with E-state index in [1.165, 1.54) is 15.9 Å². The molecule has 3 heteroatoms. The molecule has 0 fully saturated rings. The Balaban J connectivity index is 1.80. The molecule has 0 aliphatic heterocycles. The largest absolute Gasteiger partial charge is 0.404 e. The van der Waals surface area contributed by atoms with Gasteiger partial charge in [0.1, 0.15) is 0 Å². The number of hydrogen-bond donors (Lipinski definition) is 1. The van der Waals surface area contributed by atoms with Gasteiger partial charge in [-0.25, -0.2) is 0 Å². The topological polar surface area (TPSA) is 29.5 Å². The van der Waals surface area contributed by atoms with Gasteiger partial charge in [-0.15, -0.1) is 0 Å². The van der Waals surface area contributed by atoms with Crippen LogP contribution in [0.2, 0.25) is 5.04 Å². The van der Waals surface area contributed by atoms with Crippen LogP contribution < -0.4 is 10.4 Å². The monoisotopic (exact) mass is 516 g/mol. The smallest absolute Gasteiger partial charge is 0.261 e. The van der Waals surface area contributed by atoms with Crippen LogP contribution in [0.3, 0.4) is 0 Å². The molecule has 0 aromatic heterocycles. The molecular weight excluding hydrogens is 468 g/mol. The molecule has 0 heterocycles. The van der Waals surface area contributed by atoms with Crippen LogP contribution >= 0.6 is 0 Å². The van der Waals surface area contributed by atoms with Gasteiger partial charge in [0, 0.05) is 6.10 Å². The highest BCUT2D eigenvalue weighted by molar-refractivity contribution is 6.99. The molecule has 0 amide bonds. The lowest BCUT2D eigenvalue weighted by Crippen LogP contribution is -2.67. The number of allylic oxidation sites excluding steroid dienone is 2. The van der Waals surface area contributed by atoms with Gasteiger partial charge in [0.05, 0.1) is 6.10 Å². The summed E-state index contributed by atoms with van der Waals surface area (Å²) in [6.07, 6.45) is 11.5. The van der Waals surface area contributed by atoms with Crippen LogP contribution in [0.1, 0.15) is 73.6 Å². The second kappa shape index (κ2) is 11.8. The van der Waals surface area contributed by atoms with Crippen molar-refractivity contribution in [3.63, 3.8) is 0 Å². The highest BCUT2D eigenvalue weighted by Crippen LogP contribution is 2.46. The number of fused-ring (bicyclic) bond motifs is 1. The fourth-order valence-electron chi connectivity index (χ4n) is 7.08. The zero-order chi connectivity index (χ0) is 26.6. The van der Waals surface area contributed by atoms with Crippen molar-refractivity contribution in [2.75, 3.05) is 0 Å². The van der Waals surface area contributed by atoms with Crippen molar-refractivity contribution in [1.29, 1.82) is 0 Å². The standard InChI is InChI=1S/C34H48O2Si/c1-25(2)31-22-21-26(3)32-24-28(16-14-13-15-27(35)23-33(31)32)36-37(34(4,5)6,29-17-9-7-10-18-29)30-19-11-8-12-20-30/h7-14,17-21,25,27-28,31-33,35H,15-16,22-24H2,1-6H3/t27-,28-,31-,32+,33-/m1/s1. The van der Waals surface area contributed by atoms with E-state index in [9.17, 15) is 5.11 Å². The number of benzene rings is 2. The molecule has 5 atom stereocenters. The first-order valence-corrected chi connectivity index (χ1v) is 16.3. The molecule has 37 heavy (non-hydrogen) atoms. The van der Waals surface area contributed by atoms with Crippen molar-refractivity contribution in [2.24, 2.45) is 23.7 Å². The summed E-state index contributed by atoms with van der Waals surface area (Å²) in [5.41, 5.74) is 1.50. The summed E-state index contributed by atoms with van der Waals surface area (Å²) in [4.78, 5) is 0. The molecule has 0 saturated carbocycles. The van der Waals surface area contributed by atoms with Crippen LogP contribution in [0, 0.1) is 23.7 Å². The molecule has 200 valence electrons. The molecular formula is C34H48O2Si. The maximum absolute atomic E-state index is 10.9. The first kappa shape index (κ1) is 28.1. The predicted molar refractivity (Wildman–Crippen MR) is 160 cm³/mol. The molecule has 1 N–H and O–H groups in total. The Bertz CT molecular complexity index is 1010. The van der Waals surface area contributed by atoms with Gasteiger partial charge in [-0.3, -0.25) is 0 Å². The third kappa shape index (κ3) is 6.05. The second-order valence-corrected chi connectivity index (χ2v) is 17.1. The summed E-state index contributed by atoms with van der Waals surface area (Å²) in [6.45, 7) is 14.1. The van der Waals surface area contributed by atoms with E-state index >= 15 is 0 Å². The molecule has 0 spiro atoms. The van der Waals surface area contributed by atoms with Crippen molar-refractivity contribution < 1.29 is 9.53 Å². The Kier molecular flexibility index (Phi) is 8.99. The van der Waals surface area contributed by atoms with E-state index in [-0.39, 0.29) is 17.2 Å². The zero-order valence-corrected chi connectivity index (χ0v) is 24.9. The summed E-state index contributed by atoms with van der Waals surface area (Å²) < 4.78 is 7.67. The van der Waals surface area contributed by atoms with Crippen LogP contribution in [0.25, 0.3) is 0 Å². The Morgan fingerprint density at radius 1 is 0.838 bits per heavy atom. The predicted octanol–water partition coefficient (Wildman–Crippen LogP) is 7.28. The Morgan fingerprint density at radius 3 is 1.95 bits per heavy atom. The summed E-state index contributed by atoms with van der Waals surface area (Å²) in [6, 6.07) is 22.1. The van der Waals surface area contributed by atoms with Crippen molar-refractivity contribution in [3.8, 4) is 0 Å². The van der Waals surface area contributed by atoms with Crippen molar-refractivity contribution in [2.45, 2.75) is 90.9 Å². The molecule has 2 aromatic carbocycles. The summed E-state index contributed by atoms with van der Waals surface area (Å²) in [7, 11) is -2.64. The van der Waals surface area contributed by atoms with Crippen LogP contribution in [0.4, 0.5) is 0 Å². The van der Waals surface area contributed by atoms with Gasteiger partial charge in [-0.2, -0.15) is 0 Å². The summed E-state index contributed by atoms with van der Waals surface area (Å²) in [5.74, 6) is 2.17. The Labute approximate surface area is 227 Å². The van der Waals surface area contributed by atoms with E-state index in [2.05, 4.69) is 120 Å². The lowest BCUT2D eigenvalue weighted by Gasteiger charge is -2.47. The lowest BCUT2D eigenvalue weighted by molar-refractivity contribution is 0.0619. The number of hydrogen-bond acceptors (Lipinski definition) is 2. The minimum atomic E-state index is -2.64. The van der Waals surface area contributed by atoms with Gasteiger partial charge in [0.2, 0.25) is 0 Å². The summed E-state index contributed by atoms with van der Waals surface area (Å²) in [5, 5.41) is 13.6. The van der Waals surface area contributed by atoms with Gasteiger partial charge in [-0.1, -0.05) is 119 Å². The van der Waals surface area contributed by atoms with Crippen LogP contribution in [-0.2, 0) is 4.43 Å². The van der Waals surface area contributed by atoms with Gasteiger partial charge >= 0.3 is 0 Å². The van der Waals surface area contributed by atoms with Gasteiger partial charge < -0.3 is 9.53 Å². The Morgan fingerprint density at radius 2 is 1.41 bits per heavy atom. The lowest BCUT2D eigenvalue weighted by atomic mass is 9.64. The molecule has 2 aliphatic rings. The molecule has 2 aliphatic carbocycles. The van der Waals surface area contributed by atoms with E-state index in [1.807, 2.05) is 0 Å². The first-order chi connectivity index (χ1) is 17.6. The highest BCUT2D eigenvalue weighted by atomic mass is 28.4. The number of aliphatic hydroxyl groups is 1. The number of rotatable bonds is 5. The molecule has 0 bridgehead atoms. The molecule has 0 radical (unpaired) electrons. The molecule has 2 nitrogen and oxygen atoms in total. The van der Waals surface area contributed by atoms with Gasteiger partial charge in [0.15, 0.2) is 0 Å². The molecule has 0 unspecified atom stereocenters. The third-order valence-corrected chi connectivity index (χ3v) is 14.1. The Hall–Kier alpha value is -1.94. The fraction of sp³-hybridized carbons (Fsp3) is 0.529. The molecule has 0 saturated heterocycles. The van der Waals surface area contributed by atoms with Crippen LogP contribution in [0.15, 0.2) is 84.5 Å². The number of aliphatic hydroxyl groups excluding tert-OH is 1. The molecule has 4 rings (SSSR count).